The Morgan fingerprint density at radius 2 is 1.74 bits per heavy atom. The van der Waals surface area contributed by atoms with Crippen molar-refractivity contribution in [1.29, 1.82) is 0 Å². The number of alkyl halides is 3. The average molecular weight is 427 g/mol. The second-order valence-corrected chi connectivity index (χ2v) is 8.40. The van der Waals surface area contributed by atoms with E-state index in [1.807, 2.05) is 6.07 Å². The predicted octanol–water partition coefficient (Wildman–Crippen LogP) is 6.79. The standard InChI is InChI=1S/C24H21F4N3/c25-17-6-8-20-19(13-17)18(9-10-29-20)15-3-1-14(2-4-15)11-23-30-21-7-5-16(24(26,27)28)12-22(21)31-23/h5-10,12-15H,1-4,11H2,(H,30,31)/t14-,15+. The van der Waals surface area contributed by atoms with E-state index >= 15 is 0 Å². The third-order valence-electron chi connectivity index (χ3n) is 6.37. The molecule has 0 spiro atoms. The van der Waals surface area contributed by atoms with Crippen molar-refractivity contribution in [2.45, 2.75) is 44.2 Å². The predicted molar refractivity (Wildman–Crippen MR) is 111 cm³/mol. The Morgan fingerprint density at radius 3 is 2.52 bits per heavy atom. The van der Waals surface area contributed by atoms with Gasteiger partial charge < -0.3 is 4.98 Å². The molecule has 1 N–H and O–H groups in total. The normalized spacial score (nSPS) is 19.9. The van der Waals surface area contributed by atoms with Gasteiger partial charge >= 0.3 is 6.18 Å². The summed E-state index contributed by atoms with van der Waals surface area (Å²) in [6.07, 6.45) is 2.09. The minimum Gasteiger partial charge on any atom is -0.342 e. The monoisotopic (exact) mass is 427 g/mol. The molecule has 31 heavy (non-hydrogen) atoms. The molecule has 4 aromatic rings. The van der Waals surface area contributed by atoms with Crippen LogP contribution in [0.1, 0.15) is 48.6 Å². The van der Waals surface area contributed by atoms with Crippen molar-refractivity contribution in [2.24, 2.45) is 5.92 Å². The van der Waals surface area contributed by atoms with Crippen LogP contribution in [-0.4, -0.2) is 15.0 Å². The number of aromatic nitrogens is 3. The maximum Gasteiger partial charge on any atom is 0.416 e. The van der Waals surface area contributed by atoms with Crippen molar-refractivity contribution in [3.05, 3.63) is 71.4 Å². The summed E-state index contributed by atoms with van der Waals surface area (Å²) in [4.78, 5) is 11.9. The third-order valence-corrected chi connectivity index (χ3v) is 6.37. The smallest absolute Gasteiger partial charge is 0.342 e. The first-order valence-corrected chi connectivity index (χ1v) is 10.5. The Labute approximate surface area is 176 Å². The molecule has 160 valence electrons. The van der Waals surface area contributed by atoms with Gasteiger partial charge in [0.1, 0.15) is 11.6 Å². The number of H-pyrrole nitrogens is 1. The van der Waals surface area contributed by atoms with Crippen LogP contribution in [0.5, 0.6) is 0 Å². The summed E-state index contributed by atoms with van der Waals surface area (Å²) in [6, 6.07) is 10.3. The van der Waals surface area contributed by atoms with Crippen LogP contribution in [0.2, 0.25) is 0 Å². The summed E-state index contributed by atoms with van der Waals surface area (Å²) in [5.41, 5.74) is 2.25. The zero-order valence-corrected chi connectivity index (χ0v) is 16.7. The molecule has 1 saturated carbocycles. The largest absolute Gasteiger partial charge is 0.416 e. The summed E-state index contributed by atoms with van der Waals surface area (Å²) in [5, 5.41) is 0.878. The third kappa shape index (κ3) is 4.01. The molecule has 2 aromatic carbocycles. The molecule has 0 amide bonds. The lowest BCUT2D eigenvalue weighted by Gasteiger charge is -2.29. The van der Waals surface area contributed by atoms with Gasteiger partial charge in [0.25, 0.3) is 0 Å². The van der Waals surface area contributed by atoms with Crippen LogP contribution in [0.25, 0.3) is 21.9 Å². The number of halogens is 4. The number of imidazole rings is 1. The zero-order chi connectivity index (χ0) is 21.6. The van der Waals surface area contributed by atoms with E-state index in [0.29, 0.717) is 29.3 Å². The van der Waals surface area contributed by atoms with E-state index in [1.54, 1.807) is 18.3 Å². The maximum atomic E-state index is 13.8. The number of rotatable bonds is 3. The van der Waals surface area contributed by atoms with Crippen molar-refractivity contribution < 1.29 is 17.6 Å². The van der Waals surface area contributed by atoms with E-state index in [4.69, 9.17) is 0 Å². The highest BCUT2D eigenvalue weighted by molar-refractivity contribution is 5.82. The van der Waals surface area contributed by atoms with Crippen LogP contribution in [0.4, 0.5) is 17.6 Å². The van der Waals surface area contributed by atoms with Crippen molar-refractivity contribution in [3.8, 4) is 0 Å². The van der Waals surface area contributed by atoms with E-state index in [1.165, 1.54) is 12.1 Å². The van der Waals surface area contributed by atoms with Crippen molar-refractivity contribution in [3.63, 3.8) is 0 Å². The Morgan fingerprint density at radius 1 is 0.935 bits per heavy atom. The maximum absolute atomic E-state index is 13.8. The van der Waals surface area contributed by atoms with Gasteiger partial charge in [0.05, 0.1) is 22.1 Å². The van der Waals surface area contributed by atoms with Crippen LogP contribution in [-0.2, 0) is 12.6 Å². The fourth-order valence-electron chi connectivity index (χ4n) is 4.78. The number of fused-ring (bicyclic) bond motifs is 2. The van der Waals surface area contributed by atoms with E-state index in [9.17, 15) is 17.6 Å². The first-order chi connectivity index (χ1) is 14.9. The van der Waals surface area contributed by atoms with E-state index in [0.717, 1.165) is 60.1 Å². The molecule has 1 aliphatic rings. The molecular weight excluding hydrogens is 406 g/mol. The molecular formula is C24H21F4N3. The highest BCUT2D eigenvalue weighted by atomic mass is 19.4. The van der Waals surface area contributed by atoms with Crippen LogP contribution < -0.4 is 0 Å². The molecule has 1 aliphatic carbocycles. The minimum atomic E-state index is -4.37. The van der Waals surface area contributed by atoms with E-state index in [2.05, 4.69) is 15.0 Å². The lowest BCUT2D eigenvalue weighted by atomic mass is 9.77. The fraction of sp³-hybridized carbons (Fsp3) is 0.333. The Balaban J connectivity index is 1.29. The second kappa shape index (κ2) is 7.62. The molecule has 0 radical (unpaired) electrons. The van der Waals surface area contributed by atoms with Gasteiger partial charge in [-0.1, -0.05) is 0 Å². The van der Waals surface area contributed by atoms with Gasteiger partial charge in [-0.25, -0.2) is 9.37 Å². The van der Waals surface area contributed by atoms with Crippen LogP contribution >= 0.6 is 0 Å². The number of hydrogen-bond acceptors (Lipinski definition) is 2. The molecule has 0 atom stereocenters. The topological polar surface area (TPSA) is 41.6 Å². The lowest BCUT2D eigenvalue weighted by Crippen LogP contribution is -2.16. The van der Waals surface area contributed by atoms with Crippen molar-refractivity contribution in [2.75, 3.05) is 0 Å². The van der Waals surface area contributed by atoms with Gasteiger partial charge in [0.2, 0.25) is 0 Å². The molecule has 2 heterocycles. The van der Waals surface area contributed by atoms with Gasteiger partial charge in [-0.2, -0.15) is 13.2 Å². The van der Waals surface area contributed by atoms with Gasteiger partial charge in [0.15, 0.2) is 0 Å². The molecule has 3 nitrogen and oxygen atoms in total. The zero-order valence-electron chi connectivity index (χ0n) is 16.7. The van der Waals surface area contributed by atoms with Gasteiger partial charge in [-0.05, 0) is 85.5 Å². The van der Waals surface area contributed by atoms with Gasteiger partial charge in [-0.15, -0.1) is 0 Å². The first kappa shape index (κ1) is 20.0. The Bertz CT molecular complexity index is 1240. The van der Waals surface area contributed by atoms with Crippen molar-refractivity contribution >= 4 is 21.9 Å². The van der Waals surface area contributed by atoms with Gasteiger partial charge in [0, 0.05) is 18.0 Å². The van der Waals surface area contributed by atoms with E-state index < -0.39 is 11.7 Å². The van der Waals surface area contributed by atoms with Crippen LogP contribution in [0.3, 0.4) is 0 Å². The lowest BCUT2D eigenvalue weighted by molar-refractivity contribution is -0.137. The molecule has 0 unspecified atom stereocenters. The van der Waals surface area contributed by atoms with Crippen molar-refractivity contribution in [1.82, 2.24) is 15.0 Å². The minimum absolute atomic E-state index is 0.256. The van der Waals surface area contributed by atoms with Gasteiger partial charge in [-0.3, -0.25) is 4.98 Å². The summed E-state index contributed by atoms with van der Waals surface area (Å²) in [7, 11) is 0. The Kier molecular flexibility index (Phi) is 4.91. The number of hydrogen-bond donors (Lipinski definition) is 1. The molecule has 2 aromatic heterocycles. The van der Waals surface area contributed by atoms with E-state index in [-0.39, 0.29) is 5.82 Å². The molecule has 0 aliphatic heterocycles. The number of nitrogens with one attached hydrogen (secondary N) is 1. The highest BCUT2D eigenvalue weighted by Gasteiger charge is 2.31. The quantitative estimate of drug-likeness (QED) is 0.366. The fourth-order valence-corrected chi connectivity index (χ4v) is 4.78. The first-order valence-electron chi connectivity index (χ1n) is 10.5. The summed E-state index contributed by atoms with van der Waals surface area (Å²) < 4.78 is 52.6. The summed E-state index contributed by atoms with van der Waals surface area (Å²) in [5.74, 6) is 1.25. The second-order valence-electron chi connectivity index (χ2n) is 8.40. The molecule has 1 fully saturated rings. The summed E-state index contributed by atoms with van der Waals surface area (Å²) in [6.45, 7) is 0. The molecule has 5 rings (SSSR count). The Hall–Kier alpha value is -2.96. The highest BCUT2D eigenvalue weighted by Crippen LogP contribution is 2.39. The van der Waals surface area contributed by atoms with Crippen LogP contribution in [0, 0.1) is 11.7 Å². The molecule has 7 heteroatoms. The summed E-state index contributed by atoms with van der Waals surface area (Å²) >= 11 is 0. The SMILES string of the molecule is Fc1ccc2nccc([C@H]3CC[C@@H](Cc4nc5cc(C(F)(F)F)ccc5[nH]4)CC3)c2c1. The average Bonchev–Trinajstić information content (AvgIpc) is 3.15. The molecule has 0 bridgehead atoms. The number of aromatic amines is 1. The number of benzene rings is 2. The molecule has 0 saturated heterocycles. The number of pyridine rings is 1. The number of nitrogens with zero attached hydrogens (tertiary/aromatic N) is 2. The van der Waals surface area contributed by atoms with Crippen LogP contribution in [0.15, 0.2) is 48.7 Å².